The molecule has 0 N–H and O–H groups in total. The molecular formula is C14H16N2. The lowest BCUT2D eigenvalue weighted by atomic mass is 10.0. The van der Waals surface area contributed by atoms with E-state index in [1.54, 1.807) is 12.4 Å². The molecule has 0 saturated heterocycles. The molecule has 1 aromatic carbocycles. The standard InChI is InChI=1S/C14H16N2/c1-11(2)9-12-5-3-6-13(10-12)14-15-7-4-8-16-14/h3-8,10-11H,9H2,1-2H3. The van der Waals surface area contributed by atoms with E-state index >= 15 is 0 Å². The SMILES string of the molecule is CC(C)Cc1cccc(-c2ncccn2)c1. The van der Waals surface area contributed by atoms with Gasteiger partial charge < -0.3 is 0 Å². The maximum absolute atomic E-state index is 4.26. The van der Waals surface area contributed by atoms with Gasteiger partial charge in [0.15, 0.2) is 5.82 Å². The Morgan fingerprint density at radius 1 is 1.06 bits per heavy atom. The van der Waals surface area contributed by atoms with Crippen molar-refractivity contribution in [2.45, 2.75) is 20.3 Å². The highest BCUT2D eigenvalue weighted by Crippen LogP contribution is 2.17. The predicted molar refractivity (Wildman–Crippen MR) is 66.0 cm³/mol. The molecule has 0 spiro atoms. The van der Waals surface area contributed by atoms with Gasteiger partial charge in [-0.2, -0.15) is 0 Å². The van der Waals surface area contributed by atoms with Crippen LogP contribution in [0.4, 0.5) is 0 Å². The molecule has 2 rings (SSSR count). The quantitative estimate of drug-likeness (QED) is 0.779. The molecule has 0 saturated carbocycles. The summed E-state index contributed by atoms with van der Waals surface area (Å²) in [7, 11) is 0. The maximum Gasteiger partial charge on any atom is 0.159 e. The predicted octanol–water partition coefficient (Wildman–Crippen LogP) is 3.34. The number of nitrogens with zero attached hydrogens (tertiary/aromatic N) is 2. The van der Waals surface area contributed by atoms with Crippen LogP contribution in [0.15, 0.2) is 42.7 Å². The highest BCUT2D eigenvalue weighted by molar-refractivity contribution is 5.55. The van der Waals surface area contributed by atoms with Crippen LogP contribution in [0.2, 0.25) is 0 Å². The molecule has 0 fully saturated rings. The molecule has 2 heteroatoms. The topological polar surface area (TPSA) is 25.8 Å². The third-order valence-electron chi connectivity index (χ3n) is 2.39. The van der Waals surface area contributed by atoms with Crippen LogP contribution in [0.5, 0.6) is 0 Å². The Balaban J connectivity index is 2.29. The van der Waals surface area contributed by atoms with Crippen molar-refractivity contribution in [3.63, 3.8) is 0 Å². The molecular weight excluding hydrogens is 196 g/mol. The molecule has 16 heavy (non-hydrogen) atoms. The maximum atomic E-state index is 4.26. The van der Waals surface area contributed by atoms with Gasteiger partial charge in [0.05, 0.1) is 0 Å². The smallest absolute Gasteiger partial charge is 0.159 e. The van der Waals surface area contributed by atoms with Crippen molar-refractivity contribution in [3.05, 3.63) is 48.3 Å². The summed E-state index contributed by atoms with van der Waals surface area (Å²) in [5.41, 5.74) is 2.44. The largest absolute Gasteiger partial charge is 0.237 e. The molecule has 2 nitrogen and oxygen atoms in total. The fraction of sp³-hybridized carbons (Fsp3) is 0.286. The molecule has 0 unspecified atom stereocenters. The first-order chi connectivity index (χ1) is 7.75. The Hall–Kier alpha value is -1.70. The first-order valence-electron chi connectivity index (χ1n) is 5.62. The monoisotopic (exact) mass is 212 g/mol. The van der Waals surface area contributed by atoms with Gasteiger partial charge in [-0.15, -0.1) is 0 Å². The number of hydrogen-bond donors (Lipinski definition) is 0. The Labute approximate surface area is 96.4 Å². The first kappa shape index (κ1) is 10.8. The third kappa shape index (κ3) is 2.66. The Morgan fingerprint density at radius 3 is 2.50 bits per heavy atom. The van der Waals surface area contributed by atoms with E-state index < -0.39 is 0 Å². The minimum Gasteiger partial charge on any atom is -0.237 e. The molecule has 0 aliphatic heterocycles. The number of hydrogen-bond acceptors (Lipinski definition) is 2. The van der Waals surface area contributed by atoms with Crippen LogP contribution in [0, 0.1) is 5.92 Å². The summed E-state index contributed by atoms with van der Waals surface area (Å²) >= 11 is 0. The van der Waals surface area contributed by atoms with Gasteiger partial charge in [0.1, 0.15) is 0 Å². The highest BCUT2D eigenvalue weighted by atomic mass is 14.8. The van der Waals surface area contributed by atoms with Gasteiger partial charge in [0.2, 0.25) is 0 Å². The Bertz CT molecular complexity index is 449. The summed E-state index contributed by atoms with van der Waals surface area (Å²) in [6.45, 7) is 4.46. The zero-order valence-electron chi connectivity index (χ0n) is 9.72. The third-order valence-corrected chi connectivity index (χ3v) is 2.39. The van der Waals surface area contributed by atoms with Crippen LogP contribution in [0.3, 0.4) is 0 Å². The molecule has 82 valence electrons. The van der Waals surface area contributed by atoms with Gasteiger partial charge >= 0.3 is 0 Å². The van der Waals surface area contributed by atoms with E-state index in [4.69, 9.17) is 0 Å². The molecule has 1 aromatic heterocycles. The van der Waals surface area contributed by atoms with Gasteiger partial charge in [-0.3, -0.25) is 0 Å². The van der Waals surface area contributed by atoms with E-state index in [1.807, 2.05) is 6.07 Å². The minimum absolute atomic E-state index is 0.673. The Kier molecular flexibility index (Phi) is 3.30. The number of benzene rings is 1. The molecule has 2 aromatic rings. The molecule has 0 bridgehead atoms. The zero-order chi connectivity index (χ0) is 11.4. The lowest BCUT2D eigenvalue weighted by Gasteiger charge is -2.06. The van der Waals surface area contributed by atoms with Crippen molar-refractivity contribution in [1.82, 2.24) is 9.97 Å². The van der Waals surface area contributed by atoms with Crippen molar-refractivity contribution < 1.29 is 0 Å². The van der Waals surface area contributed by atoms with Crippen molar-refractivity contribution in [3.8, 4) is 11.4 Å². The molecule has 0 radical (unpaired) electrons. The van der Waals surface area contributed by atoms with E-state index in [2.05, 4.69) is 48.1 Å². The van der Waals surface area contributed by atoms with Crippen molar-refractivity contribution in [1.29, 1.82) is 0 Å². The van der Waals surface area contributed by atoms with Gasteiger partial charge in [0, 0.05) is 18.0 Å². The average molecular weight is 212 g/mol. The fourth-order valence-corrected chi connectivity index (χ4v) is 1.76. The van der Waals surface area contributed by atoms with E-state index in [0.717, 1.165) is 17.8 Å². The second kappa shape index (κ2) is 4.88. The fourth-order valence-electron chi connectivity index (χ4n) is 1.76. The summed E-state index contributed by atoms with van der Waals surface area (Å²) in [5.74, 6) is 1.47. The van der Waals surface area contributed by atoms with Crippen molar-refractivity contribution >= 4 is 0 Å². The van der Waals surface area contributed by atoms with Crippen LogP contribution in [0.1, 0.15) is 19.4 Å². The van der Waals surface area contributed by atoms with Gasteiger partial charge in [-0.05, 0) is 30.0 Å². The normalized spacial score (nSPS) is 10.7. The first-order valence-corrected chi connectivity index (χ1v) is 5.62. The van der Waals surface area contributed by atoms with Crippen LogP contribution >= 0.6 is 0 Å². The summed E-state index contributed by atoms with van der Waals surface area (Å²) in [6.07, 6.45) is 4.65. The summed E-state index contributed by atoms with van der Waals surface area (Å²) < 4.78 is 0. The molecule has 1 heterocycles. The van der Waals surface area contributed by atoms with Gasteiger partial charge in [0.25, 0.3) is 0 Å². The van der Waals surface area contributed by atoms with E-state index in [9.17, 15) is 0 Å². The summed E-state index contributed by atoms with van der Waals surface area (Å²) in [4.78, 5) is 8.52. The lowest BCUT2D eigenvalue weighted by Crippen LogP contribution is -1.95. The van der Waals surface area contributed by atoms with Crippen LogP contribution in [-0.4, -0.2) is 9.97 Å². The lowest BCUT2D eigenvalue weighted by molar-refractivity contribution is 0.647. The summed E-state index contributed by atoms with van der Waals surface area (Å²) in [5, 5.41) is 0. The van der Waals surface area contributed by atoms with E-state index in [-0.39, 0.29) is 0 Å². The van der Waals surface area contributed by atoms with Gasteiger partial charge in [-0.25, -0.2) is 9.97 Å². The van der Waals surface area contributed by atoms with Crippen LogP contribution in [-0.2, 0) is 6.42 Å². The molecule has 0 atom stereocenters. The minimum atomic E-state index is 0.673. The number of rotatable bonds is 3. The molecule has 0 amide bonds. The van der Waals surface area contributed by atoms with Crippen LogP contribution in [0.25, 0.3) is 11.4 Å². The molecule has 0 aliphatic carbocycles. The van der Waals surface area contributed by atoms with E-state index in [1.165, 1.54) is 5.56 Å². The number of aromatic nitrogens is 2. The molecule has 0 aliphatic rings. The van der Waals surface area contributed by atoms with E-state index in [0.29, 0.717) is 5.92 Å². The van der Waals surface area contributed by atoms with Crippen LogP contribution < -0.4 is 0 Å². The Morgan fingerprint density at radius 2 is 1.81 bits per heavy atom. The van der Waals surface area contributed by atoms with Crippen molar-refractivity contribution in [2.24, 2.45) is 5.92 Å². The van der Waals surface area contributed by atoms with Gasteiger partial charge in [-0.1, -0.05) is 32.0 Å². The highest BCUT2D eigenvalue weighted by Gasteiger charge is 2.02. The average Bonchev–Trinajstić information content (AvgIpc) is 2.30. The zero-order valence-corrected chi connectivity index (χ0v) is 9.72. The second-order valence-electron chi connectivity index (χ2n) is 4.37. The summed E-state index contributed by atoms with van der Waals surface area (Å²) in [6, 6.07) is 10.3. The van der Waals surface area contributed by atoms with Crippen molar-refractivity contribution in [2.75, 3.05) is 0 Å². The second-order valence-corrected chi connectivity index (χ2v) is 4.37.